The van der Waals surface area contributed by atoms with Crippen molar-refractivity contribution in [3.63, 3.8) is 0 Å². The second-order valence-electron chi connectivity index (χ2n) is 6.71. The Balaban J connectivity index is 1.43. The fraction of sp³-hybridized carbons (Fsp3) is 0.300. The van der Waals surface area contributed by atoms with Crippen LogP contribution < -0.4 is 5.32 Å². The Hall–Kier alpha value is -3.42. The third-order valence-electron chi connectivity index (χ3n) is 4.81. The summed E-state index contributed by atoms with van der Waals surface area (Å²) in [5.74, 6) is -0.580. The van der Waals surface area contributed by atoms with Gasteiger partial charge in [-0.3, -0.25) is 14.6 Å². The molecule has 3 aromatic heterocycles. The highest BCUT2D eigenvalue weighted by molar-refractivity contribution is 5.93. The third-order valence-corrected chi connectivity index (χ3v) is 4.81. The number of hydrogen-bond donors (Lipinski definition) is 1. The van der Waals surface area contributed by atoms with E-state index in [1.165, 1.54) is 6.26 Å². The Labute approximate surface area is 162 Å². The van der Waals surface area contributed by atoms with Crippen molar-refractivity contribution in [2.45, 2.75) is 25.4 Å². The Morgan fingerprint density at radius 3 is 2.96 bits per heavy atom. The minimum atomic E-state index is -0.503. The molecule has 0 saturated heterocycles. The van der Waals surface area contributed by atoms with Crippen molar-refractivity contribution in [3.05, 3.63) is 72.5 Å². The minimum Gasteiger partial charge on any atom is -0.459 e. The van der Waals surface area contributed by atoms with E-state index < -0.39 is 5.92 Å². The number of nitrogens with zero attached hydrogens (tertiary/aromatic N) is 4. The molecule has 0 bridgehead atoms. The molecular weight excluding hydrogens is 358 g/mol. The van der Waals surface area contributed by atoms with E-state index >= 15 is 0 Å². The van der Waals surface area contributed by atoms with Gasteiger partial charge in [0.15, 0.2) is 5.76 Å². The van der Waals surface area contributed by atoms with Crippen molar-refractivity contribution >= 4 is 11.8 Å². The standard InChI is InChI=1S/C20H21N5O3/c26-19(23-7-3-9-24-10-8-21-14-24)16-13-25(20(27)17-5-2-11-28-17)12-15-4-1-6-22-18(15)16/h1-2,4-6,8,10-11,14,16H,3,7,9,12-13H2,(H,23,26). The van der Waals surface area contributed by atoms with Crippen LogP contribution in [0, 0.1) is 0 Å². The van der Waals surface area contributed by atoms with Gasteiger partial charge in [-0.25, -0.2) is 4.98 Å². The SMILES string of the molecule is O=C(NCCCn1ccnc1)C1CN(C(=O)c2ccco2)Cc2cccnc21. The molecule has 2 amide bonds. The van der Waals surface area contributed by atoms with Crippen LogP contribution in [-0.2, 0) is 17.9 Å². The summed E-state index contributed by atoms with van der Waals surface area (Å²) in [6.45, 7) is 2.01. The normalized spacial score (nSPS) is 15.9. The van der Waals surface area contributed by atoms with Crippen LogP contribution in [0.4, 0.5) is 0 Å². The van der Waals surface area contributed by atoms with Crippen molar-refractivity contribution in [2.75, 3.05) is 13.1 Å². The van der Waals surface area contributed by atoms with Gasteiger partial charge < -0.3 is 19.2 Å². The van der Waals surface area contributed by atoms with Gasteiger partial charge in [0.05, 0.1) is 24.2 Å². The molecule has 4 heterocycles. The van der Waals surface area contributed by atoms with Crippen LogP contribution in [0.3, 0.4) is 0 Å². The number of imidazole rings is 1. The number of fused-ring (bicyclic) bond motifs is 1. The topological polar surface area (TPSA) is 93.3 Å². The quantitative estimate of drug-likeness (QED) is 0.660. The zero-order valence-corrected chi connectivity index (χ0v) is 15.3. The Kier molecular flexibility index (Phi) is 5.18. The minimum absolute atomic E-state index is 0.123. The van der Waals surface area contributed by atoms with Crippen LogP contribution in [0.1, 0.15) is 34.2 Å². The fourth-order valence-corrected chi connectivity index (χ4v) is 3.41. The van der Waals surface area contributed by atoms with Crippen LogP contribution in [0.15, 0.2) is 59.9 Å². The van der Waals surface area contributed by atoms with Gasteiger partial charge in [0, 0.05) is 44.8 Å². The first kappa shape index (κ1) is 18.0. The van der Waals surface area contributed by atoms with Gasteiger partial charge in [-0.15, -0.1) is 0 Å². The highest BCUT2D eigenvalue weighted by Crippen LogP contribution is 2.27. The number of amides is 2. The van der Waals surface area contributed by atoms with Gasteiger partial charge in [-0.2, -0.15) is 0 Å². The molecule has 0 saturated carbocycles. The Bertz CT molecular complexity index is 937. The molecule has 0 aliphatic carbocycles. The lowest BCUT2D eigenvalue weighted by atomic mass is 9.93. The molecule has 0 spiro atoms. The summed E-state index contributed by atoms with van der Waals surface area (Å²) in [7, 11) is 0. The number of aromatic nitrogens is 3. The van der Waals surface area contributed by atoms with E-state index in [2.05, 4.69) is 15.3 Å². The molecule has 0 fully saturated rings. The van der Waals surface area contributed by atoms with Crippen LogP contribution in [0.5, 0.6) is 0 Å². The molecule has 144 valence electrons. The first-order valence-corrected chi connectivity index (χ1v) is 9.22. The molecule has 28 heavy (non-hydrogen) atoms. The molecule has 3 aromatic rings. The van der Waals surface area contributed by atoms with E-state index in [-0.39, 0.29) is 24.1 Å². The highest BCUT2D eigenvalue weighted by atomic mass is 16.3. The molecule has 1 aliphatic rings. The summed E-state index contributed by atoms with van der Waals surface area (Å²) in [6, 6.07) is 7.03. The molecular formula is C20H21N5O3. The molecule has 0 radical (unpaired) electrons. The van der Waals surface area contributed by atoms with Gasteiger partial charge in [0.1, 0.15) is 0 Å². The molecule has 8 heteroatoms. The Morgan fingerprint density at radius 1 is 1.25 bits per heavy atom. The number of aryl methyl sites for hydroxylation is 1. The van der Waals surface area contributed by atoms with Gasteiger partial charge in [0.2, 0.25) is 5.91 Å². The van der Waals surface area contributed by atoms with E-state index in [1.54, 1.807) is 35.8 Å². The molecule has 1 N–H and O–H groups in total. The maximum Gasteiger partial charge on any atom is 0.289 e. The van der Waals surface area contributed by atoms with E-state index in [0.717, 1.165) is 24.2 Å². The number of carbonyl (C=O) groups is 2. The fourth-order valence-electron chi connectivity index (χ4n) is 3.41. The van der Waals surface area contributed by atoms with Crippen molar-refractivity contribution in [1.29, 1.82) is 0 Å². The number of pyridine rings is 1. The number of furan rings is 1. The molecule has 1 unspecified atom stereocenters. The van der Waals surface area contributed by atoms with Gasteiger partial charge in [-0.05, 0) is 30.2 Å². The number of carbonyl (C=O) groups excluding carboxylic acids is 2. The van der Waals surface area contributed by atoms with E-state index in [0.29, 0.717) is 13.1 Å². The Morgan fingerprint density at radius 2 is 2.18 bits per heavy atom. The lowest BCUT2D eigenvalue weighted by molar-refractivity contribution is -0.123. The molecule has 1 atom stereocenters. The summed E-state index contributed by atoms with van der Waals surface area (Å²) in [4.78, 5) is 35.6. The van der Waals surface area contributed by atoms with Crippen molar-refractivity contribution in [1.82, 2.24) is 24.8 Å². The van der Waals surface area contributed by atoms with Crippen LogP contribution in [-0.4, -0.2) is 44.3 Å². The lowest BCUT2D eigenvalue weighted by Gasteiger charge is -2.32. The van der Waals surface area contributed by atoms with Gasteiger partial charge in [0.25, 0.3) is 5.91 Å². The maximum atomic E-state index is 12.8. The maximum absolute atomic E-state index is 12.8. The summed E-state index contributed by atoms with van der Waals surface area (Å²) < 4.78 is 7.20. The zero-order chi connectivity index (χ0) is 19.3. The summed E-state index contributed by atoms with van der Waals surface area (Å²) >= 11 is 0. The molecule has 1 aliphatic heterocycles. The summed E-state index contributed by atoms with van der Waals surface area (Å²) in [5, 5.41) is 2.98. The first-order chi connectivity index (χ1) is 13.7. The van der Waals surface area contributed by atoms with Crippen LogP contribution in [0.25, 0.3) is 0 Å². The van der Waals surface area contributed by atoms with Crippen LogP contribution in [0.2, 0.25) is 0 Å². The first-order valence-electron chi connectivity index (χ1n) is 9.22. The molecule has 4 rings (SSSR count). The van der Waals surface area contributed by atoms with E-state index in [1.807, 2.05) is 22.9 Å². The number of nitrogens with one attached hydrogen (secondary N) is 1. The van der Waals surface area contributed by atoms with Crippen molar-refractivity contribution in [3.8, 4) is 0 Å². The lowest BCUT2D eigenvalue weighted by Crippen LogP contribution is -2.44. The molecule has 8 nitrogen and oxygen atoms in total. The van der Waals surface area contributed by atoms with Crippen LogP contribution >= 0.6 is 0 Å². The predicted octanol–water partition coefficient (Wildman–Crippen LogP) is 1.82. The second kappa shape index (κ2) is 8.08. The van der Waals surface area contributed by atoms with Gasteiger partial charge in [-0.1, -0.05) is 6.07 Å². The van der Waals surface area contributed by atoms with E-state index in [9.17, 15) is 9.59 Å². The van der Waals surface area contributed by atoms with Gasteiger partial charge >= 0.3 is 0 Å². The summed E-state index contributed by atoms with van der Waals surface area (Å²) in [5.41, 5.74) is 1.62. The predicted molar refractivity (Wildman–Crippen MR) is 100 cm³/mol. The highest BCUT2D eigenvalue weighted by Gasteiger charge is 2.34. The largest absolute Gasteiger partial charge is 0.459 e. The van der Waals surface area contributed by atoms with Crippen molar-refractivity contribution in [2.24, 2.45) is 0 Å². The summed E-state index contributed by atoms with van der Waals surface area (Å²) in [6.07, 6.45) is 9.31. The van der Waals surface area contributed by atoms with E-state index in [4.69, 9.17) is 4.42 Å². The number of hydrogen-bond acceptors (Lipinski definition) is 5. The second-order valence-corrected chi connectivity index (χ2v) is 6.71. The zero-order valence-electron chi connectivity index (χ0n) is 15.3. The third kappa shape index (κ3) is 3.80. The smallest absolute Gasteiger partial charge is 0.289 e. The molecule has 0 aromatic carbocycles. The average molecular weight is 379 g/mol. The number of rotatable bonds is 6. The van der Waals surface area contributed by atoms with Crippen molar-refractivity contribution < 1.29 is 14.0 Å². The average Bonchev–Trinajstić information content (AvgIpc) is 3.44. The monoisotopic (exact) mass is 379 g/mol.